The lowest BCUT2D eigenvalue weighted by Gasteiger charge is -2.40. The van der Waals surface area contributed by atoms with Gasteiger partial charge in [0.1, 0.15) is 6.04 Å². The molecule has 1 amide bonds. The summed E-state index contributed by atoms with van der Waals surface area (Å²) in [5.74, 6) is -0.438. The van der Waals surface area contributed by atoms with E-state index in [1.165, 1.54) is 0 Å². The molecule has 0 bridgehead atoms. The molecule has 1 aliphatic heterocycles. The Morgan fingerprint density at radius 3 is 2.46 bits per heavy atom. The van der Waals surface area contributed by atoms with E-state index in [-0.39, 0.29) is 24.8 Å². The lowest BCUT2D eigenvalue weighted by molar-refractivity contribution is -0.144. The molecule has 39 heavy (non-hydrogen) atoms. The molecule has 1 saturated heterocycles. The Balaban J connectivity index is 1.44. The zero-order valence-corrected chi connectivity index (χ0v) is 22.9. The van der Waals surface area contributed by atoms with Gasteiger partial charge in [0.2, 0.25) is 0 Å². The first kappa shape index (κ1) is 28.4. The number of nitrogens with one attached hydrogen (secondary N) is 1. The summed E-state index contributed by atoms with van der Waals surface area (Å²) in [7, 11) is 0. The molecule has 4 rings (SSSR count). The Morgan fingerprint density at radius 2 is 1.85 bits per heavy atom. The molecule has 5 N–H and O–H groups in total. The van der Waals surface area contributed by atoms with Crippen molar-refractivity contribution in [2.24, 2.45) is 0 Å². The van der Waals surface area contributed by atoms with E-state index in [1.54, 1.807) is 24.4 Å². The van der Waals surface area contributed by atoms with Crippen molar-refractivity contribution in [1.82, 2.24) is 19.8 Å². The zero-order chi connectivity index (χ0) is 28.1. The summed E-state index contributed by atoms with van der Waals surface area (Å²) in [4.78, 5) is 35.3. The number of rotatable bonds is 9. The number of nitrogens with zero attached hydrogens (tertiary/aromatic N) is 4. The zero-order valence-electron chi connectivity index (χ0n) is 21.3. The number of halogens is 2. The van der Waals surface area contributed by atoms with Crippen LogP contribution in [-0.4, -0.2) is 67.2 Å². The molecule has 1 unspecified atom stereocenters. The first-order valence-corrected chi connectivity index (χ1v) is 13.3. The van der Waals surface area contributed by atoms with E-state index in [4.69, 9.17) is 28.9 Å². The van der Waals surface area contributed by atoms with E-state index in [2.05, 4.69) is 20.2 Å². The van der Waals surface area contributed by atoms with Crippen molar-refractivity contribution in [1.29, 1.82) is 0 Å². The summed E-state index contributed by atoms with van der Waals surface area (Å²) in [6, 6.07) is 12.1. The molecule has 0 radical (unpaired) electrons. The van der Waals surface area contributed by atoms with Crippen LogP contribution in [0.1, 0.15) is 30.9 Å². The maximum atomic E-state index is 11.7. The van der Waals surface area contributed by atoms with Gasteiger partial charge in [0.15, 0.2) is 11.6 Å². The maximum Gasteiger partial charge on any atom is 0.408 e. The van der Waals surface area contributed by atoms with Crippen LogP contribution in [0.25, 0.3) is 11.3 Å². The van der Waals surface area contributed by atoms with Crippen molar-refractivity contribution in [2.45, 2.75) is 44.9 Å². The average molecular weight is 573 g/mol. The highest BCUT2D eigenvalue weighted by molar-refractivity contribution is 6.36. The van der Waals surface area contributed by atoms with Gasteiger partial charge in [-0.3, -0.25) is 9.80 Å². The number of carbonyl (C=O) groups is 2. The minimum Gasteiger partial charge on any atom is -0.480 e. The van der Waals surface area contributed by atoms with Crippen LogP contribution in [0.4, 0.5) is 16.4 Å². The number of carboxylic acids is 1. The Hall–Kier alpha value is -3.60. The van der Waals surface area contributed by atoms with Gasteiger partial charge in [-0.05, 0) is 37.1 Å². The number of aliphatic carboxylic acids is 1. The Morgan fingerprint density at radius 1 is 1.15 bits per heavy atom. The van der Waals surface area contributed by atoms with Crippen molar-refractivity contribution in [3.05, 3.63) is 69.8 Å². The van der Waals surface area contributed by atoms with Crippen molar-refractivity contribution in [3.63, 3.8) is 0 Å². The molecule has 3 aromatic rings. The van der Waals surface area contributed by atoms with Crippen LogP contribution in [0.5, 0.6) is 0 Å². The predicted octanol–water partition coefficient (Wildman–Crippen LogP) is 5.06. The van der Waals surface area contributed by atoms with Gasteiger partial charge in [-0.15, -0.1) is 0 Å². The van der Waals surface area contributed by atoms with Crippen LogP contribution in [0.15, 0.2) is 48.7 Å². The monoisotopic (exact) mass is 572 g/mol. The molecule has 12 heteroatoms. The third kappa shape index (κ3) is 6.70. The molecule has 1 aromatic heterocycles. The number of nitrogens with two attached hydrogens (primary N) is 1. The number of aromatic nitrogens is 2. The predicted molar refractivity (Wildman–Crippen MR) is 151 cm³/mol. The minimum absolute atomic E-state index is 0.0328. The Bertz CT molecular complexity index is 1320. The van der Waals surface area contributed by atoms with Gasteiger partial charge in [0.25, 0.3) is 0 Å². The van der Waals surface area contributed by atoms with E-state index >= 15 is 0 Å². The number of anilines is 2. The SMILES string of the molecule is CCN(Cc1ccc(-c2cnc(N)c(NCc3c(Cl)cccc3Cl)n2)cc1)C1CCN(C(=O)O)[C@@H](C(=O)O)C1. The molecule has 1 aliphatic rings. The topological polar surface area (TPSA) is 145 Å². The van der Waals surface area contributed by atoms with Crippen molar-refractivity contribution < 1.29 is 19.8 Å². The Labute approximate surface area is 236 Å². The summed E-state index contributed by atoms with van der Waals surface area (Å²) in [5.41, 5.74) is 9.32. The minimum atomic E-state index is -1.20. The first-order valence-electron chi connectivity index (χ1n) is 12.5. The molecule has 0 spiro atoms. The second kappa shape index (κ2) is 12.5. The smallest absolute Gasteiger partial charge is 0.408 e. The fourth-order valence-electron chi connectivity index (χ4n) is 4.80. The van der Waals surface area contributed by atoms with Crippen LogP contribution in [0.2, 0.25) is 10.0 Å². The van der Waals surface area contributed by atoms with E-state index in [1.807, 2.05) is 31.2 Å². The number of hydrogen-bond donors (Lipinski definition) is 4. The largest absolute Gasteiger partial charge is 0.480 e. The Kier molecular flexibility index (Phi) is 9.11. The molecule has 1 fully saturated rings. The summed E-state index contributed by atoms with van der Waals surface area (Å²) in [6.07, 6.45) is 1.25. The third-order valence-corrected chi connectivity index (χ3v) is 7.67. The molecule has 2 aromatic carbocycles. The van der Waals surface area contributed by atoms with Crippen LogP contribution in [0, 0.1) is 0 Å². The van der Waals surface area contributed by atoms with Gasteiger partial charge in [0.05, 0.1) is 11.9 Å². The van der Waals surface area contributed by atoms with Crippen LogP contribution < -0.4 is 11.1 Å². The summed E-state index contributed by atoms with van der Waals surface area (Å²) < 4.78 is 0. The molecule has 2 heterocycles. The van der Waals surface area contributed by atoms with Crippen LogP contribution in [-0.2, 0) is 17.9 Å². The second-order valence-electron chi connectivity index (χ2n) is 9.31. The highest BCUT2D eigenvalue weighted by atomic mass is 35.5. The van der Waals surface area contributed by atoms with E-state index in [9.17, 15) is 19.8 Å². The lowest BCUT2D eigenvalue weighted by atomic mass is 9.95. The number of carboxylic acid groups (broad SMARTS) is 2. The normalized spacial score (nSPS) is 17.3. The van der Waals surface area contributed by atoms with Gasteiger partial charge < -0.3 is 21.3 Å². The summed E-state index contributed by atoms with van der Waals surface area (Å²) in [5, 5.41) is 23.2. The van der Waals surface area contributed by atoms with E-state index in [0.717, 1.165) is 21.6 Å². The average Bonchev–Trinajstić information content (AvgIpc) is 2.92. The fourth-order valence-corrected chi connectivity index (χ4v) is 5.33. The fraction of sp³-hybridized carbons (Fsp3) is 0.333. The number of piperidine rings is 1. The van der Waals surface area contributed by atoms with Gasteiger partial charge in [0, 0.05) is 46.8 Å². The number of amides is 1. The molecule has 2 atom stereocenters. The van der Waals surface area contributed by atoms with Crippen molar-refractivity contribution in [3.8, 4) is 11.3 Å². The van der Waals surface area contributed by atoms with Crippen LogP contribution >= 0.6 is 23.2 Å². The van der Waals surface area contributed by atoms with Crippen LogP contribution in [0.3, 0.4) is 0 Å². The highest BCUT2D eigenvalue weighted by Crippen LogP contribution is 2.28. The van der Waals surface area contributed by atoms with Crippen molar-refractivity contribution >= 4 is 46.9 Å². The van der Waals surface area contributed by atoms with Gasteiger partial charge in [-0.2, -0.15) is 0 Å². The number of hydrogen-bond acceptors (Lipinski definition) is 7. The van der Waals surface area contributed by atoms with Crippen molar-refractivity contribution in [2.75, 3.05) is 24.1 Å². The number of benzene rings is 2. The third-order valence-electron chi connectivity index (χ3n) is 6.96. The second-order valence-corrected chi connectivity index (χ2v) is 10.1. The highest BCUT2D eigenvalue weighted by Gasteiger charge is 2.38. The molecule has 10 nitrogen and oxygen atoms in total. The molecule has 206 valence electrons. The first-order chi connectivity index (χ1) is 18.7. The lowest BCUT2D eigenvalue weighted by Crippen LogP contribution is -2.54. The molecular weight excluding hydrogens is 543 g/mol. The molecule has 0 aliphatic carbocycles. The van der Waals surface area contributed by atoms with Gasteiger partial charge >= 0.3 is 12.1 Å². The van der Waals surface area contributed by atoms with Gasteiger partial charge in [-0.25, -0.2) is 19.6 Å². The van der Waals surface area contributed by atoms with E-state index in [0.29, 0.717) is 47.6 Å². The summed E-state index contributed by atoms with van der Waals surface area (Å²) in [6.45, 7) is 3.86. The summed E-state index contributed by atoms with van der Waals surface area (Å²) >= 11 is 12.5. The molecule has 0 saturated carbocycles. The number of nitrogen functional groups attached to an aromatic ring is 1. The molecular formula is C27H30Cl2N6O4. The maximum absolute atomic E-state index is 11.7. The van der Waals surface area contributed by atoms with Gasteiger partial charge in [-0.1, -0.05) is 60.5 Å². The van der Waals surface area contributed by atoms with E-state index < -0.39 is 18.1 Å². The quantitative estimate of drug-likeness (QED) is 0.276. The standard InChI is InChI=1S/C27H30Cl2N6O4/c1-2-34(18-10-11-35(27(38)39)23(12-18)26(36)37)15-16-6-8-17(9-7-16)22-14-31-24(30)25(33-22)32-13-19-20(28)4-3-5-21(19)29/h3-9,14,18,23H,2,10-13,15H2,1H3,(H2,30,31)(H,32,33)(H,36,37)(H,38,39)/t18?,23-/m1/s1. The number of likely N-dealkylation sites (tertiary alicyclic amines) is 1.